The van der Waals surface area contributed by atoms with Gasteiger partial charge in [-0.3, -0.25) is 0 Å². The third kappa shape index (κ3) is 4.53. The van der Waals surface area contributed by atoms with E-state index in [4.69, 9.17) is 5.11 Å². The molecule has 0 saturated heterocycles. The fourth-order valence-electron chi connectivity index (χ4n) is 1.93. The van der Waals surface area contributed by atoms with E-state index in [-0.39, 0.29) is 24.6 Å². The number of urea groups is 1. The molecule has 0 aliphatic heterocycles. The first-order chi connectivity index (χ1) is 9.51. The molecular weight excluding hydrogens is 252 g/mol. The number of aryl methyl sites for hydroxylation is 2. The van der Waals surface area contributed by atoms with E-state index in [0.717, 1.165) is 24.1 Å². The van der Waals surface area contributed by atoms with Crippen molar-refractivity contribution in [1.82, 2.24) is 5.32 Å². The number of aliphatic hydroxyl groups is 1. The standard InChI is InChI=1S/C16H26N2O2/c1-5-13-7-8-14(6-2)15(9-13)18-16(20)17-12(4)11(3)10-19/h7-9,11-12,19H,5-6,10H2,1-4H3,(H2,17,18,20). The number of hydrogen-bond acceptors (Lipinski definition) is 2. The monoisotopic (exact) mass is 278 g/mol. The van der Waals surface area contributed by atoms with Gasteiger partial charge in [-0.15, -0.1) is 0 Å². The van der Waals surface area contributed by atoms with Gasteiger partial charge >= 0.3 is 6.03 Å². The van der Waals surface area contributed by atoms with Crippen LogP contribution < -0.4 is 10.6 Å². The minimum absolute atomic E-state index is 0.0355. The molecule has 2 amide bonds. The maximum Gasteiger partial charge on any atom is 0.319 e. The SMILES string of the molecule is CCc1ccc(CC)c(NC(=O)NC(C)C(C)CO)c1. The Hall–Kier alpha value is -1.55. The van der Waals surface area contributed by atoms with Gasteiger partial charge in [0.1, 0.15) is 0 Å². The van der Waals surface area contributed by atoms with Gasteiger partial charge in [0, 0.05) is 18.3 Å². The summed E-state index contributed by atoms with van der Waals surface area (Å²) in [7, 11) is 0. The van der Waals surface area contributed by atoms with E-state index in [9.17, 15) is 4.79 Å². The molecule has 4 heteroatoms. The topological polar surface area (TPSA) is 61.4 Å². The van der Waals surface area contributed by atoms with Crippen LogP contribution in [0.3, 0.4) is 0 Å². The highest BCUT2D eigenvalue weighted by atomic mass is 16.3. The summed E-state index contributed by atoms with van der Waals surface area (Å²) in [4.78, 5) is 12.0. The van der Waals surface area contributed by atoms with Crippen LogP contribution in [-0.4, -0.2) is 23.8 Å². The van der Waals surface area contributed by atoms with Crippen molar-refractivity contribution >= 4 is 11.7 Å². The van der Waals surface area contributed by atoms with Crippen molar-refractivity contribution in [1.29, 1.82) is 0 Å². The minimum atomic E-state index is -0.222. The summed E-state index contributed by atoms with van der Waals surface area (Å²) in [6.45, 7) is 8.02. The molecule has 0 aromatic heterocycles. The van der Waals surface area contributed by atoms with Gasteiger partial charge in [0.2, 0.25) is 0 Å². The summed E-state index contributed by atoms with van der Waals surface area (Å²) >= 11 is 0. The molecule has 20 heavy (non-hydrogen) atoms. The molecular formula is C16H26N2O2. The van der Waals surface area contributed by atoms with Gasteiger partial charge in [-0.1, -0.05) is 32.9 Å². The van der Waals surface area contributed by atoms with E-state index in [2.05, 4.69) is 36.6 Å². The molecule has 0 aliphatic carbocycles. The zero-order valence-corrected chi connectivity index (χ0v) is 12.9. The zero-order valence-electron chi connectivity index (χ0n) is 12.9. The van der Waals surface area contributed by atoms with Crippen LogP contribution in [0.4, 0.5) is 10.5 Å². The van der Waals surface area contributed by atoms with Crippen LogP contribution in [0.1, 0.15) is 38.8 Å². The Labute approximate surface area is 121 Å². The minimum Gasteiger partial charge on any atom is -0.396 e. The van der Waals surface area contributed by atoms with Gasteiger partial charge in [0.25, 0.3) is 0 Å². The molecule has 1 rings (SSSR count). The fourth-order valence-corrected chi connectivity index (χ4v) is 1.93. The van der Waals surface area contributed by atoms with Crippen molar-refractivity contribution in [2.75, 3.05) is 11.9 Å². The van der Waals surface area contributed by atoms with Crippen LogP contribution in [0, 0.1) is 5.92 Å². The van der Waals surface area contributed by atoms with E-state index in [1.807, 2.05) is 19.9 Å². The van der Waals surface area contributed by atoms with E-state index < -0.39 is 0 Å². The highest BCUT2D eigenvalue weighted by Gasteiger charge is 2.14. The first kappa shape index (κ1) is 16.5. The molecule has 112 valence electrons. The van der Waals surface area contributed by atoms with Crippen LogP contribution in [-0.2, 0) is 12.8 Å². The molecule has 4 nitrogen and oxygen atoms in total. The maximum atomic E-state index is 12.0. The summed E-state index contributed by atoms with van der Waals surface area (Å²) < 4.78 is 0. The highest BCUT2D eigenvalue weighted by molar-refractivity contribution is 5.90. The first-order valence-corrected chi connectivity index (χ1v) is 7.31. The number of anilines is 1. The molecule has 2 unspecified atom stereocenters. The molecule has 0 radical (unpaired) electrons. The summed E-state index contributed by atoms with van der Waals surface area (Å²) in [5.74, 6) is 0.0355. The second-order valence-corrected chi connectivity index (χ2v) is 5.25. The van der Waals surface area contributed by atoms with Crippen molar-refractivity contribution in [3.8, 4) is 0 Å². The molecule has 2 atom stereocenters. The Morgan fingerprint density at radius 3 is 2.50 bits per heavy atom. The van der Waals surface area contributed by atoms with Gasteiger partial charge < -0.3 is 15.7 Å². The van der Waals surface area contributed by atoms with Crippen molar-refractivity contribution in [3.05, 3.63) is 29.3 Å². The lowest BCUT2D eigenvalue weighted by Crippen LogP contribution is -2.41. The number of carbonyl (C=O) groups excluding carboxylic acids is 1. The molecule has 3 N–H and O–H groups in total. The Kier molecular flexibility index (Phi) is 6.52. The molecule has 1 aromatic rings. The Morgan fingerprint density at radius 1 is 1.25 bits per heavy atom. The summed E-state index contributed by atoms with van der Waals surface area (Å²) in [6.07, 6.45) is 1.82. The number of nitrogens with one attached hydrogen (secondary N) is 2. The maximum absolute atomic E-state index is 12.0. The summed E-state index contributed by atoms with van der Waals surface area (Å²) in [5.41, 5.74) is 3.20. The second-order valence-electron chi connectivity index (χ2n) is 5.25. The van der Waals surface area contributed by atoms with E-state index >= 15 is 0 Å². The molecule has 0 bridgehead atoms. The van der Waals surface area contributed by atoms with Crippen LogP contribution in [0.5, 0.6) is 0 Å². The number of hydrogen-bond donors (Lipinski definition) is 3. The van der Waals surface area contributed by atoms with Crippen molar-refractivity contribution in [2.45, 2.75) is 46.6 Å². The van der Waals surface area contributed by atoms with Crippen LogP contribution in [0.25, 0.3) is 0 Å². The molecule has 0 aliphatic rings. The van der Waals surface area contributed by atoms with Gasteiger partial charge in [-0.25, -0.2) is 4.79 Å². The lowest BCUT2D eigenvalue weighted by molar-refractivity contribution is 0.204. The Morgan fingerprint density at radius 2 is 1.95 bits per heavy atom. The molecule has 0 fully saturated rings. The second kappa shape index (κ2) is 7.90. The quantitative estimate of drug-likeness (QED) is 0.749. The lowest BCUT2D eigenvalue weighted by Gasteiger charge is -2.20. The number of amides is 2. The van der Waals surface area contributed by atoms with Crippen molar-refractivity contribution in [3.63, 3.8) is 0 Å². The Bertz CT molecular complexity index is 446. The van der Waals surface area contributed by atoms with Crippen LogP contribution in [0.2, 0.25) is 0 Å². The lowest BCUT2D eigenvalue weighted by atomic mass is 10.0. The molecule has 0 spiro atoms. The van der Waals surface area contributed by atoms with Crippen molar-refractivity contribution in [2.24, 2.45) is 5.92 Å². The predicted octanol–water partition coefficient (Wildman–Crippen LogP) is 2.95. The van der Waals surface area contributed by atoms with E-state index in [0.29, 0.717) is 0 Å². The highest BCUT2D eigenvalue weighted by Crippen LogP contribution is 2.19. The van der Waals surface area contributed by atoms with Gasteiger partial charge in [0.05, 0.1) is 0 Å². The summed E-state index contributed by atoms with van der Waals surface area (Å²) in [6, 6.07) is 5.89. The third-order valence-electron chi connectivity index (χ3n) is 3.71. The average molecular weight is 278 g/mol. The van der Waals surface area contributed by atoms with E-state index in [1.54, 1.807) is 0 Å². The zero-order chi connectivity index (χ0) is 15.1. The number of benzene rings is 1. The van der Waals surface area contributed by atoms with Gasteiger partial charge in [0.15, 0.2) is 0 Å². The number of carbonyl (C=O) groups is 1. The normalized spacial score (nSPS) is 13.7. The smallest absolute Gasteiger partial charge is 0.319 e. The fraction of sp³-hybridized carbons (Fsp3) is 0.562. The van der Waals surface area contributed by atoms with Crippen molar-refractivity contribution < 1.29 is 9.90 Å². The van der Waals surface area contributed by atoms with Gasteiger partial charge in [-0.2, -0.15) is 0 Å². The Balaban J connectivity index is 2.74. The van der Waals surface area contributed by atoms with Gasteiger partial charge in [-0.05, 0) is 42.9 Å². The third-order valence-corrected chi connectivity index (χ3v) is 3.71. The molecule has 1 aromatic carbocycles. The molecule has 0 saturated carbocycles. The predicted molar refractivity (Wildman–Crippen MR) is 83.1 cm³/mol. The number of rotatable bonds is 6. The largest absolute Gasteiger partial charge is 0.396 e. The summed E-state index contributed by atoms with van der Waals surface area (Å²) in [5, 5.41) is 14.9. The molecule has 0 heterocycles. The average Bonchev–Trinajstić information content (AvgIpc) is 2.45. The number of aliphatic hydroxyl groups excluding tert-OH is 1. The van der Waals surface area contributed by atoms with Crippen LogP contribution in [0.15, 0.2) is 18.2 Å². The first-order valence-electron chi connectivity index (χ1n) is 7.31. The van der Waals surface area contributed by atoms with Crippen LogP contribution >= 0.6 is 0 Å². The van der Waals surface area contributed by atoms with E-state index in [1.165, 1.54) is 5.56 Å².